The van der Waals surface area contributed by atoms with Crippen molar-refractivity contribution >= 4 is 16.9 Å². The van der Waals surface area contributed by atoms with Crippen molar-refractivity contribution in [1.29, 1.82) is 0 Å². The maximum absolute atomic E-state index is 11.7. The number of rotatable bonds is 4. The maximum Gasteiger partial charge on any atom is 0.258 e. The van der Waals surface area contributed by atoms with E-state index in [1.165, 1.54) is 0 Å². The normalized spacial score (nSPS) is 10.6. The summed E-state index contributed by atoms with van der Waals surface area (Å²) in [6.07, 6.45) is 0.800. The molecule has 1 aromatic heterocycles. The number of aryl methyl sites for hydroxylation is 1. The van der Waals surface area contributed by atoms with Gasteiger partial charge >= 0.3 is 0 Å². The summed E-state index contributed by atoms with van der Waals surface area (Å²) in [5, 5.41) is 10.8. The lowest BCUT2D eigenvalue weighted by atomic mass is 10.2. The predicted octanol–water partition coefficient (Wildman–Crippen LogP) is -0.00430. The third kappa shape index (κ3) is 2.69. The minimum Gasteiger partial charge on any atom is -0.550 e. The van der Waals surface area contributed by atoms with E-state index in [4.69, 9.17) is 0 Å². The highest BCUT2D eigenvalue weighted by atomic mass is 16.4. The number of nitrogens with one attached hydrogen (secondary N) is 1. The lowest BCUT2D eigenvalue weighted by molar-refractivity contribution is -0.305. The minimum absolute atomic E-state index is 0.0312. The van der Waals surface area contributed by atoms with Gasteiger partial charge in [0.1, 0.15) is 5.82 Å². The first-order valence-corrected chi connectivity index (χ1v) is 5.34. The van der Waals surface area contributed by atoms with Crippen molar-refractivity contribution in [3.05, 3.63) is 40.4 Å². The number of fused-ring (bicyclic) bond motifs is 1. The van der Waals surface area contributed by atoms with Crippen LogP contribution in [0.25, 0.3) is 10.9 Å². The number of hydrogen-bond acceptors (Lipinski definition) is 4. The number of benzene rings is 1. The number of carboxylic acids is 1. The van der Waals surface area contributed by atoms with Crippen LogP contribution in [0.15, 0.2) is 29.1 Å². The number of H-pyrrole nitrogens is 1. The highest BCUT2D eigenvalue weighted by Gasteiger charge is 2.02. The Hall–Kier alpha value is -2.17. The van der Waals surface area contributed by atoms with Crippen molar-refractivity contribution < 1.29 is 9.90 Å². The first-order valence-electron chi connectivity index (χ1n) is 5.34. The predicted molar refractivity (Wildman–Crippen MR) is 60.3 cm³/mol. The molecule has 5 nitrogen and oxygen atoms in total. The highest BCUT2D eigenvalue weighted by Crippen LogP contribution is 2.06. The quantitative estimate of drug-likeness (QED) is 0.802. The minimum atomic E-state index is -1.09. The van der Waals surface area contributed by atoms with Crippen LogP contribution in [-0.2, 0) is 11.2 Å². The van der Waals surface area contributed by atoms with Crippen LogP contribution >= 0.6 is 0 Å². The van der Waals surface area contributed by atoms with Crippen molar-refractivity contribution in [3.63, 3.8) is 0 Å². The zero-order valence-electron chi connectivity index (χ0n) is 9.10. The van der Waals surface area contributed by atoms with Crippen molar-refractivity contribution in [1.82, 2.24) is 9.97 Å². The van der Waals surface area contributed by atoms with E-state index in [1.807, 2.05) is 0 Å². The summed E-state index contributed by atoms with van der Waals surface area (Å²) in [7, 11) is 0. The fourth-order valence-electron chi connectivity index (χ4n) is 1.65. The van der Waals surface area contributed by atoms with Gasteiger partial charge in [-0.25, -0.2) is 4.98 Å². The number of aromatic nitrogens is 2. The number of hydrogen-bond donors (Lipinski definition) is 1. The number of aliphatic carboxylic acids is 1. The van der Waals surface area contributed by atoms with Crippen LogP contribution in [0.5, 0.6) is 0 Å². The third-order valence-electron chi connectivity index (χ3n) is 2.46. The molecule has 0 aliphatic carbocycles. The van der Waals surface area contributed by atoms with E-state index in [2.05, 4.69) is 9.97 Å². The molecule has 1 heterocycles. The Kier molecular flexibility index (Phi) is 3.18. The molecular formula is C12H11N2O3-. The molecule has 0 radical (unpaired) electrons. The third-order valence-corrected chi connectivity index (χ3v) is 2.46. The zero-order chi connectivity index (χ0) is 12.3. The van der Waals surface area contributed by atoms with Crippen molar-refractivity contribution in [2.45, 2.75) is 19.3 Å². The van der Waals surface area contributed by atoms with Gasteiger partial charge in [-0.3, -0.25) is 4.79 Å². The smallest absolute Gasteiger partial charge is 0.258 e. The van der Waals surface area contributed by atoms with Crippen molar-refractivity contribution in [2.75, 3.05) is 0 Å². The van der Waals surface area contributed by atoms with Crippen LogP contribution in [0.3, 0.4) is 0 Å². The van der Waals surface area contributed by atoms with E-state index >= 15 is 0 Å². The molecule has 0 atom stereocenters. The van der Waals surface area contributed by atoms with E-state index in [1.54, 1.807) is 24.3 Å². The molecule has 2 aromatic rings. The zero-order valence-corrected chi connectivity index (χ0v) is 9.10. The molecule has 0 aliphatic heterocycles. The van der Waals surface area contributed by atoms with Crippen LogP contribution < -0.4 is 10.7 Å². The number of carboxylic acid groups (broad SMARTS) is 1. The van der Waals surface area contributed by atoms with E-state index in [0.717, 1.165) is 0 Å². The van der Waals surface area contributed by atoms with Crippen molar-refractivity contribution in [2.24, 2.45) is 0 Å². The van der Waals surface area contributed by atoms with Gasteiger partial charge in [-0.15, -0.1) is 0 Å². The summed E-state index contributed by atoms with van der Waals surface area (Å²) in [5.74, 6) is -0.580. The Morgan fingerprint density at radius 2 is 2.12 bits per heavy atom. The summed E-state index contributed by atoms with van der Waals surface area (Å²) in [5.41, 5.74) is 0.429. The number of para-hydroxylation sites is 1. The van der Waals surface area contributed by atoms with Crippen LogP contribution in [0.2, 0.25) is 0 Å². The van der Waals surface area contributed by atoms with E-state index in [9.17, 15) is 14.7 Å². The number of nitrogens with zero attached hydrogens (tertiary/aromatic N) is 1. The van der Waals surface area contributed by atoms with Crippen LogP contribution in [0, 0.1) is 0 Å². The average Bonchev–Trinajstić information content (AvgIpc) is 2.28. The molecule has 0 aliphatic rings. The summed E-state index contributed by atoms with van der Waals surface area (Å²) >= 11 is 0. The summed E-state index contributed by atoms with van der Waals surface area (Å²) in [4.78, 5) is 28.8. The van der Waals surface area contributed by atoms with Gasteiger partial charge in [0.15, 0.2) is 0 Å². The second-order valence-corrected chi connectivity index (χ2v) is 3.76. The van der Waals surface area contributed by atoms with Crippen LogP contribution in [0.1, 0.15) is 18.7 Å². The SMILES string of the molecule is O=C([O-])CCCc1nc2ccccc2c(=O)[nH]1. The van der Waals surface area contributed by atoms with E-state index < -0.39 is 5.97 Å². The van der Waals surface area contributed by atoms with Crippen LogP contribution in [0.4, 0.5) is 0 Å². The Morgan fingerprint density at radius 3 is 2.88 bits per heavy atom. The molecule has 1 aromatic carbocycles. The van der Waals surface area contributed by atoms with Crippen LogP contribution in [-0.4, -0.2) is 15.9 Å². The monoisotopic (exact) mass is 231 g/mol. The second kappa shape index (κ2) is 4.78. The van der Waals surface area contributed by atoms with Gasteiger partial charge in [0.05, 0.1) is 10.9 Å². The Bertz CT molecular complexity index is 604. The fourth-order valence-corrected chi connectivity index (χ4v) is 1.65. The van der Waals surface area contributed by atoms with Gasteiger partial charge in [0, 0.05) is 12.4 Å². The summed E-state index contributed by atoms with van der Waals surface area (Å²) in [6.45, 7) is 0. The Balaban J connectivity index is 2.25. The molecule has 0 fully saturated rings. The molecule has 2 rings (SSSR count). The van der Waals surface area contributed by atoms with Gasteiger partial charge in [-0.1, -0.05) is 12.1 Å². The molecule has 1 N–H and O–H groups in total. The summed E-state index contributed by atoms with van der Waals surface area (Å²) < 4.78 is 0. The molecule has 0 saturated carbocycles. The lowest BCUT2D eigenvalue weighted by Gasteiger charge is -2.03. The molecular weight excluding hydrogens is 220 g/mol. The van der Waals surface area contributed by atoms with E-state index in [-0.39, 0.29) is 12.0 Å². The number of carbonyl (C=O) groups excluding carboxylic acids is 1. The first kappa shape index (κ1) is 11.3. The molecule has 88 valence electrons. The molecule has 0 bridgehead atoms. The molecule has 5 heteroatoms. The molecule has 0 amide bonds. The van der Waals surface area contributed by atoms with Gasteiger partial charge in [-0.05, 0) is 25.0 Å². The first-order chi connectivity index (χ1) is 8.16. The number of carbonyl (C=O) groups is 1. The number of aromatic amines is 1. The topological polar surface area (TPSA) is 85.9 Å². The van der Waals surface area contributed by atoms with Gasteiger partial charge in [0.2, 0.25) is 0 Å². The fraction of sp³-hybridized carbons (Fsp3) is 0.250. The highest BCUT2D eigenvalue weighted by molar-refractivity contribution is 5.77. The lowest BCUT2D eigenvalue weighted by Crippen LogP contribution is -2.22. The largest absolute Gasteiger partial charge is 0.550 e. The standard InChI is InChI=1S/C12H12N2O3/c15-11(16)7-3-6-10-13-9-5-2-1-4-8(9)12(17)14-10/h1-2,4-5H,3,6-7H2,(H,15,16)(H,13,14,17)/p-1. The Labute approximate surface area is 97.1 Å². The summed E-state index contributed by atoms with van der Waals surface area (Å²) in [6, 6.07) is 7.04. The molecule has 0 spiro atoms. The van der Waals surface area contributed by atoms with E-state index in [0.29, 0.717) is 29.6 Å². The van der Waals surface area contributed by atoms with Gasteiger partial charge < -0.3 is 14.9 Å². The maximum atomic E-state index is 11.7. The van der Waals surface area contributed by atoms with Crippen molar-refractivity contribution in [3.8, 4) is 0 Å². The molecule has 0 saturated heterocycles. The van der Waals surface area contributed by atoms with Gasteiger partial charge in [-0.2, -0.15) is 0 Å². The molecule has 17 heavy (non-hydrogen) atoms. The average molecular weight is 231 g/mol. The Morgan fingerprint density at radius 1 is 1.35 bits per heavy atom. The second-order valence-electron chi connectivity index (χ2n) is 3.76. The molecule has 0 unspecified atom stereocenters. The van der Waals surface area contributed by atoms with Gasteiger partial charge in [0.25, 0.3) is 5.56 Å².